The summed E-state index contributed by atoms with van der Waals surface area (Å²) in [6.45, 7) is 6.88. The van der Waals surface area contributed by atoms with Crippen LogP contribution in [-0.2, 0) is 4.79 Å². The van der Waals surface area contributed by atoms with Gasteiger partial charge in [-0.3, -0.25) is 19.8 Å². The molecular formula is C21H18N4O3S2. The van der Waals surface area contributed by atoms with Crippen LogP contribution in [0.5, 0.6) is 0 Å². The third-order valence-corrected chi connectivity index (χ3v) is 6.96. The van der Waals surface area contributed by atoms with Crippen molar-refractivity contribution in [3.05, 3.63) is 81.2 Å². The van der Waals surface area contributed by atoms with E-state index < -0.39 is 4.92 Å². The van der Waals surface area contributed by atoms with Gasteiger partial charge in [0, 0.05) is 30.1 Å². The van der Waals surface area contributed by atoms with Crippen molar-refractivity contribution >= 4 is 51.7 Å². The summed E-state index contributed by atoms with van der Waals surface area (Å²) in [5, 5.41) is 12.3. The molecule has 1 fully saturated rings. The Kier molecular flexibility index (Phi) is 5.65. The zero-order valence-corrected chi connectivity index (χ0v) is 17.8. The molecule has 0 spiro atoms. The first-order chi connectivity index (χ1) is 14.5. The Morgan fingerprint density at radius 3 is 2.53 bits per heavy atom. The number of aliphatic imine (C=N–C) groups is 1. The van der Waals surface area contributed by atoms with Gasteiger partial charge < -0.3 is 4.90 Å². The number of thioether (sulfide) groups is 2. The van der Waals surface area contributed by atoms with E-state index in [2.05, 4.69) is 29.5 Å². The molecule has 9 heteroatoms. The van der Waals surface area contributed by atoms with Gasteiger partial charge in [0.05, 0.1) is 16.3 Å². The smallest absolute Gasteiger partial charge is 0.269 e. The predicted molar refractivity (Wildman–Crippen MR) is 122 cm³/mol. The van der Waals surface area contributed by atoms with Crippen LogP contribution in [0, 0.1) is 10.1 Å². The van der Waals surface area contributed by atoms with Crippen LogP contribution in [0.15, 0.2) is 81.0 Å². The highest BCUT2D eigenvalue weighted by Gasteiger charge is 2.39. The Morgan fingerprint density at radius 2 is 1.87 bits per heavy atom. The molecule has 0 aliphatic carbocycles. The molecule has 2 aliphatic heterocycles. The number of fused-ring (bicyclic) bond motifs is 1. The Labute approximate surface area is 182 Å². The number of non-ortho nitro benzene ring substituents is 1. The summed E-state index contributed by atoms with van der Waals surface area (Å²) in [7, 11) is 0. The number of para-hydroxylation sites is 1. The predicted octanol–water partition coefficient (Wildman–Crippen LogP) is 5.15. The van der Waals surface area contributed by atoms with Gasteiger partial charge in [-0.1, -0.05) is 30.0 Å². The van der Waals surface area contributed by atoms with E-state index in [1.807, 2.05) is 18.2 Å². The van der Waals surface area contributed by atoms with Crippen molar-refractivity contribution < 1.29 is 9.72 Å². The van der Waals surface area contributed by atoms with Gasteiger partial charge >= 0.3 is 0 Å². The number of carbonyl (C=O) groups excluding carboxylic acids is 1. The number of anilines is 1. The number of nitro groups is 1. The molecule has 152 valence electrons. The summed E-state index contributed by atoms with van der Waals surface area (Å²) in [5.74, 6) is -0.116. The number of rotatable bonds is 5. The SMILES string of the molecule is C=CCN1C(=O)/C(=C2\Sc3ccccc3N2CC)SC1=Nc1ccc([N+](=O)[O-])cc1. The first-order valence-corrected chi connectivity index (χ1v) is 10.9. The minimum absolute atomic E-state index is 0.00133. The molecule has 2 aromatic carbocycles. The maximum atomic E-state index is 13.2. The third-order valence-electron chi connectivity index (χ3n) is 4.58. The van der Waals surface area contributed by atoms with Crippen LogP contribution in [0.2, 0.25) is 0 Å². The second kappa shape index (κ2) is 8.37. The van der Waals surface area contributed by atoms with E-state index in [4.69, 9.17) is 0 Å². The van der Waals surface area contributed by atoms with Gasteiger partial charge in [0.15, 0.2) is 5.17 Å². The number of nitrogens with zero attached hydrogens (tertiary/aromatic N) is 4. The third kappa shape index (κ3) is 3.61. The summed E-state index contributed by atoms with van der Waals surface area (Å²) in [5.41, 5.74) is 1.64. The largest absolute Gasteiger partial charge is 0.334 e. The van der Waals surface area contributed by atoms with Gasteiger partial charge in [0.25, 0.3) is 11.6 Å². The van der Waals surface area contributed by atoms with Crippen molar-refractivity contribution in [3.8, 4) is 0 Å². The summed E-state index contributed by atoms with van der Waals surface area (Å²) in [6.07, 6.45) is 1.66. The highest BCUT2D eigenvalue weighted by Crippen LogP contribution is 2.50. The number of nitro benzene ring substituents is 1. The maximum absolute atomic E-state index is 13.2. The van der Waals surface area contributed by atoms with Crippen molar-refractivity contribution in [1.29, 1.82) is 0 Å². The fourth-order valence-corrected chi connectivity index (χ4v) is 5.59. The van der Waals surface area contributed by atoms with Crippen LogP contribution in [0.3, 0.4) is 0 Å². The topological polar surface area (TPSA) is 79.0 Å². The van der Waals surface area contributed by atoms with Crippen molar-refractivity contribution in [2.75, 3.05) is 18.0 Å². The molecule has 4 rings (SSSR count). The summed E-state index contributed by atoms with van der Waals surface area (Å²) in [4.78, 5) is 33.7. The van der Waals surface area contributed by atoms with E-state index in [0.717, 1.165) is 22.2 Å². The van der Waals surface area contributed by atoms with Gasteiger partial charge in [-0.25, -0.2) is 4.99 Å². The number of benzene rings is 2. The minimum Gasteiger partial charge on any atom is -0.334 e. The van der Waals surface area contributed by atoms with E-state index >= 15 is 0 Å². The second-order valence-electron chi connectivity index (χ2n) is 6.42. The molecule has 0 saturated carbocycles. The molecule has 0 atom stereocenters. The summed E-state index contributed by atoms with van der Waals surface area (Å²) in [6, 6.07) is 14.0. The van der Waals surface area contributed by atoms with Gasteiger partial charge in [-0.15, -0.1) is 6.58 Å². The number of carbonyl (C=O) groups is 1. The molecule has 0 aromatic heterocycles. The van der Waals surface area contributed by atoms with Gasteiger partial charge in [-0.05, 0) is 43.0 Å². The minimum atomic E-state index is -0.453. The molecule has 30 heavy (non-hydrogen) atoms. The van der Waals surface area contributed by atoms with Gasteiger partial charge in [-0.2, -0.15) is 0 Å². The first kappa shape index (κ1) is 20.2. The van der Waals surface area contributed by atoms with Crippen LogP contribution in [0.1, 0.15) is 6.92 Å². The normalized spacial score (nSPS) is 19.5. The van der Waals surface area contributed by atoms with E-state index in [0.29, 0.717) is 22.3 Å². The van der Waals surface area contributed by atoms with Crippen molar-refractivity contribution in [2.24, 2.45) is 4.99 Å². The highest BCUT2D eigenvalue weighted by molar-refractivity contribution is 8.19. The standard InChI is InChI=1S/C21H18N4O3S2/c1-3-13-24-19(26)18(20-23(4-2)16-7-5-6-8-17(16)29-20)30-21(24)22-14-9-11-15(12-10-14)25(27)28/h3,5-12H,1,4,13H2,2H3/b20-18+,22-21?. The Morgan fingerprint density at radius 1 is 1.13 bits per heavy atom. The van der Waals surface area contributed by atoms with Crippen LogP contribution in [-0.4, -0.2) is 34.0 Å². The highest BCUT2D eigenvalue weighted by atomic mass is 32.2. The molecule has 0 bridgehead atoms. The maximum Gasteiger partial charge on any atom is 0.269 e. The first-order valence-electron chi connectivity index (χ1n) is 9.26. The molecule has 2 heterocycles. The lowest BCUT2D eigenvalue weighted by molar-refractivity contribution is -0.384. The Hall–Kier alpha value is -3.04. The molecule has 2 aromatic rings. The second-order valence-corrected chi connectivity index (χ2v) is 8.43. The Balaban J connectivity index is 1.72. The van der Waals surface area contributed by atoms with E-state index in [9.17, 15) is 14.9 Å². The van der Waals surface area contributed by atoms with Crippen molar-refractivity contribution in [1.82, 2.24) is 4.90 Å². The van der Waals surface area contributed by atoms with Crippen molar-refractivity contribution in [3.63, 3.8) is 0 Å². The van der Waals surface area contributed by atoms with Crippen molar-refractivity contribution in [2.45, 2.75) is 11.8 Å². The number of amides is 1. The van der Waals surface area contributed by atoms with Gasteiger partial charge in [0.1, 0.15) is 9.93 Å². The van der Waals surface area contributed by atoms with E-state index in [1.54, 1.807) is 34.9 Å². The lowest BCUT2D eigenvalue weighted by Crippen LogP contribution is -2.30. The zero-order valence-electron chi connectivity index (χ0n) is 16.1. The lowest BCUT2D eigenvalue weighted by atomic mass is 10.3. The van der Waals surface area contributed by atoms with E-state index in [-0.39, 0.29) is 11.6 Å². The van der Waals surface area contributed by atoms with Gasteiger partial charge in [0.2, 0.25) is 0 Å². The quantitative estimate of drug-likeness (QED) is 0.278. The molecule has 1 amide bonds. The van der Waals surface area contributed by atoms with Crippen LogP contribution >= 0.6 is 23.5 Å². The zero-order chi connectivity index (χ0) is 21.3. The lowest BCUT2D eigenvalue weighted by Gasteiger charge is -2.19. The molecule has 1 saturated heterocycles. The molecule has 2 aliphatic rings. The summed E-state index contributed by atoms with van der Waals surface area (Å²) < 4.78 is 0. The number of hydrogen-bond donors (Lipinski definition) is 0. The average molecular weight is 439 g/mol. The fraction of sp³-hybridized carbons (Fsp3) is 0.143. The molecule has 0 N–H and O–H groups in total. The molecular weight excluding hydrogens is 420 g/mol. The fourth-order valence-electron chi connectivity index (χ4n) is 3.19. The van der Waals surface area contributed by atoms with Crippen LogP contribution in [0.25, 0.3) is 0 Å². The van der Waals surface area contributed by atoms with Crippen LogP contribution < -0.4 is 4.90 Å². The Bertz CT molecular complexity index is 1100. The summed E-state index contributed by atoms with van der Waals surface area (Å²) >= 11 is 2.91. The van der Waals surface area contributed by atoms with Crippen LogP contribution in [0.4, 0.5) is 17.1 Å². The average Bonchev–Trinajstić information content (AvgIpc) is 3.26. The molecule has 0 unspecified atom stereocenters. The molecule has 7 nitrogen and oxygen atoms in total. The molecule has 0 radical (unpaired) electrons. The van der Waals surface area contributed by atoms with E-state index in [1.165, 1.54) is 23.9 Å². The number of hydrogen-bond acceptors (Lipinski definition) is 7. The monoisotopic (exact) mass is 438 g/mol. The number of amidine groups is 1.